The third-order valence-corrected chi connectivity index (χ3v) is 4.91. The molecule has 7 nitrogen and oxygen atoms in total. The molecule has 2 heterocycles. The smallest absolute Gasteiger partial charge is 0.282 e. The molecular formula is C17H24N4O3. The Morgan fingerprint density at radius 2 is 1.88 bits per heavy atom. The number of hydrogen-bond acceptors (Lipinski definition) is 5. The van der Waals surface area contributed by atoms with Gasteiger partial charge < -0.3 is 15.1 Å². The molecule has 3 rings (SSSR count). The van der Waals surface area contributed by atoms with Crippen molar-refractivity contribution in [1.29, 1.82) is 0 Å². The van der Waals surface area contributed by atoms with Crippen LogP contribution in [0.3, 0.4) is 0 Å². The van der Waals surface area contributed by atoms with Crippen LogP contribution in [0.2, 0.25) is 0 Å². The fourth-order valence-electron chi connectivity index (χ4n) is 3.44. The minimum absolute atomic E-state index is 0.110. The number of likely N-dealkylation sites (tertiary alicyclic amines) is 2. The lowest BCUT2D eigenvalue weighted by Gasteiger charge is -2.30. The van der Waals surface area contributed by atoms with Crippen LogP contribution in [0.15, 0.2) is 18.2 Å². The second-order valence-electron chi connectivity index (χ2n) is 6.71. The topological polar surface area (TPSA) is 78.7 Å². The average molecular weight is 332 g/mol. The molecule has 0 atom stereocenters. The molecular weight excluding hydrogens is 308 g/mol. The standard InChI is InChI=1S/C17H24N4O3/c1-19-10-6-13(7-11-19)18-14-4-5-16(21(23)24)15(12-14)17(22)20-8-2-3-9-20/h4-5,12-13,18H,2-3,6-11H2,1H3. The molecule has 2 aliphatic heterocycles. The molecule has 0 aliphatic carbocycles. The third kappa shape index (κ3) is 3.67. The van der Waals surface area contributed by atoms with Crippen molar-refractivity contribution in [3.05, 3.63) is 33.9 Å². The van der Waals surface area contributed by atoms with Gasteiger partial charge in [-0.2, -0.15) is 0 Å². The Hall–Kier alpha value is -2.15. The zero-order valence-corrected chi connectivity index (χ0v) is 14.0. The van der Waals surface area contributed by atoms with E-state index in [0.29, 0.717) is 19.1 Å². The maximum absolute atomic E-state index is 12.6. The number of nitrogens with one attached hydrogen (secondary N) is 1. The molecule has 1 aromatic carbocycles. The van der Waals surface area contributed by atoms with Crippen LogP contribution in [0.4, 0.5) is 11.4 Å². The Labute approximate surface area is 141 Å². The Kier molecular flexibility index (Phi) is 4.99. The van der Waals surface area contributed by atoms with Gasteiger partial charge in [0.25, 0.3) is 11.6 Å². The molecule has 0 unspecified atom stereocenters. The first-order chi connectivity index (χ1) is 11.5. The molecule has 0 bridgehead atoms. The number of hydrogen-bond donors (Lipinski definition) is 1. The van der Waals surface area contributed by atoms with Crippen LogP contribution in [-0.4, -0.2) is 59.9 Å². The monoisotopic (exact) mass is 332 g/mol. The van der Waals surface area contributed by atoms with Crippen LogP contribution in [0.1, 0.15) is 36.0 Å². The number of anilines is 1. The summed E-state index contributed by atoms with van der Waals surface area (Å²) in [6.07, 6.45) is 3.99. The van der Waals surface area contributed by atoms with E-state index in [1.165, 1.54) is 6.07 Å². The summed E-state index contributed by atoms with van der Waals surface area (Å²) in [5.74, 6) is -0.230. The molecule has 2 fully saturated rings. The van der Waals surface area contributed by atoms with Crippen molar-refractivity contribution >= 4 is 17.3 Å². The Bertz CT molecular complexity index is 620. The predicted octanol–water partition coefficient (Wildman–Crippen LogP) is 2.34. The second-order valence-corrected chi connectivity index (χ2v) is 6.71. The average Bonchev–Trinajstić information content (AvgIpc) is 3.10. The van der Waals surface area contributed by atoms with E-state index < -0.39 is 4.92 Å². The van der Waals surface area contributed by atoms with Crippen LogP contribution < -0.4 is 5.32 Å². The fraction of sp³-hybridized carbons (Fsp3) is 0.588. The maximum Gasteiger partial charge on any atom is 0.282 e. The number of nitro benzene ring substituents is 1. The number of nitrogens with zero attached hydrogens (tertiary/aromatic N) is 3. The number of carbonyl (C=O) groups is 1. The van der Waals surface area contributed by atoms with Gasteiger partial charge in [-0.05, 0) is 58.0 Å². The number of piperidine rings is 1. The van der Waals surface area contributed by atoms with Crippen LogP contribution in [0, 0.1) is 10.1 Å². The van der Waals surface area contributed by atoms with Gasteiger partial charge in [0.2, 0.25) is 0 Å². The highest BCUT2D eigenvalue weighted by atomic mass is 16.6. The molecule has 0 radical (unpaired) electrons. The van der Waals surface area contributed by atoms with Crippen LogP contribution in [-0.2, 0) is 0 Å². The van der Waals surface area contributed by atoms with Gasteiger partial charge in [-0.15, -0.1) is 0 Å². The number of amides is 1. The van der Waals surface area contributed by atoms with Gasteiger partial charge in [0, 0.05) is 30.9 Å². The molecule has 1 N–H and O–H groups in total. The van der Waals surface area contributed by atoms with Crippen LogP contribution >= 0.6 is 0 Å². The van der Waals surface area contributed by atoms with E-state index >= 15 is 0 Å². The highest BCUT2D eigenvalue weighted by molar-refractivity contribution is 5.99. The lowest BCUT2D eigenvalue weighted by atomic mass is 10.0. The van der Waals surface area contributed by atoms with Crippen molar-refractivity contribution in [3.8, 4) is 0 Å². The van der Waals surface area contributed by atoms with E-state index in [4.69, 9.17) is 0 Å². The first kappa shape index (κ1) is 16.7. The highest BCUT2D eigenvalue weighted by Gasteiger charge is 2.27. The van der Waals surface area contributed by atoms with Crippen molar-refractivity contribution in [1.82, 2.24) is 9.80 Å². The molecule has 0 spiro atoms. The lowest BCUT2D eigenvalue weighted by molar-refractivity contribution is -0.385. The summed E-state index contributed by atoms with van der Waals surface area (Å²) in [4.78, 5) is 27.5. The minimum Gasteiger partial charge on any atom is -0.382 e. The summed E-state index contributed by atoms with van der Waals surface area (Å²) in [6.45, 7) is 3.43. The Morgan fingerprint density at radius 3 is 2.50 bits per heavy atom. The molecule has 1 aromatic rings. The second kappa shape index (κ2) is 7.17. The third-order valence-electron chi connectivity index (χ3n) is 4.91. The van der Waals surface area contributed by atoms with Gasteiger partial charge in [0.15, 0.2) is 0 Å². The highest BCUT2D eigenvalue weighted by Crippen LogP contribution is 2.27. The molecule has 2 saturated heterocycles. The summed E-state index contributed by atoms with van der Waals surface area (Å²) >= 11 is 0. The van der Waals surface area contributed by atoms with Crippen molar-refractivity contribution in [2.45, 2.75) is 31.7 Å². The summed E-state index contributed by atoms with van der Waals surface area (Å²) in [5.41, 5.74) is 0.873. The summed E-state index contributed by atoms with van der Waals surface area (Å²) in [5, 5.41) is 14.7. The van der Waals surface area contributed by atoms with Gasteiger partial charge in [0.05, 0.1) is 4.92 Å². The van der Waals surface area contributed by atoms with Crippen molar-refractivity contribution in [2.75, 3.05) is 38.5 Å². The van der Waals surface area contributed by atoms with E-state index in [9.17, 15) is 14.9 Å². The van der Waals surface area contributed by atoms with Gasteiger partial charge in [-0.1, -0.05) is 0 Å². The van der Waals surface area contributed by atoms with Gasteiger partial charge in [-0.25, -0.2) is 0 Å². The van der Waals surface area contributed by atoms with E-state index in [1.54, 1.807) is 17.0 Å². The van der Waals surface area contributed by atoms with E-state index in [1.807, 2.05) is 0 Å². The molecule has 0 saturated carbocycles. The first-order valence-corrected chi connectivity index (χ1v) is 8.57. The number of nitro groups is 1. The molecule has 7 heteroatoms. The molecule has 24 heavy (non-hydrogen) atoms. The quantitative estimate of drug-likeness (QED) is 0.676. The van der Waals surface area contributed by atoms with Crippen LogP contribution in [0.5, 0.6) is 0 Å². The van der Waals surface area contributed by atoms with Crippen molar-refractivity contribution in [3.63, 3.8) is 0 Å². The van der Waals surface area contributed by atoms with Gasteiger partial charge in [0.1, 0.15) is 5.56 Å². The minimum atomic E-state index is -0.470. The number of benzene rings is 1. The first-order valence-electron chi connectivity index (χ1n) is 8.57. The maximum atomic E-state index is 12.6. The van der Waals surface area contributed by atoms with E-state index in [-0.39, 0.29) is 17.2 Å². The summed E-state index contributed by atoms with van der Waals surface area (Å²) in [6, 6.07) is 5.15. The molecule has 0 aromatic heterocycles. The molecule has 2 aliphatic rings. The van der Waals surface area contributed by atoms with Crippen molar-refractivity contribution in [2.24, 2.45) is 0 Å². The zero-order chi connectivity index (χ0) is 17.1. The fourth-order valence-corrected chi connectivity index (χ4v) is 3.44. The van der Waals surface area contributed by atoms with E-state index in [0.717, 1.165) is 44.5 Å². The SMILES string of the molecule is CN1CCC(Nc2ccc([N+](=O)[O-])c(C(=O)N3CCCC3)c2)CC1. The zero-order valence-electron chi connectivity index (χ0n) is 14.0. The van der Waals surface area contributed by atoms with Gasteiger partial charge in [-0.3, -0.25) is 14.9 Å². The van der Waals surface area contributed by atoms with Crippen LogP contribution in [0.25, 0.3) is 0 Å². The number of rotatable bonds is 4. The largest absolute Gasteiger partial charge is 0.382 e. The van der Waals surface area contributed by atoms with E-state index in [2.05, 4.69) is 17.3 Å². The summed E-state index contributed by atoms with van der Waals surface area (Å²) in [7, 11) is 2.11. The normalized spacial score (nSPS) is 19.5. The Morgan fingerprint density at radius 1 is 1.21 bits per heavy atom. The van der Waals surface area contributed by atoms with Crippen molar-refractivity contribution < 1.29 is 9.72 Å². The Balaban J connectivity index is 1.80. The predicted molar refractivity (Wildman–Crippen MR) is 92.4 cm³/mol. The molecule has 130 valence electrons. The lowest BCUT2D eigenvalue weighted by Crippen LogP contribution is -2.36. The summed E-state index contributed by atoms with van der Waals surface area (Å²) < 4.78 is 0. The molecule has 1 amide bonds. The van der Waals surface area contributed by atoms with Gasteiger partial charge >= 0.3 is 0 Å². The number of carbonyl (C=O) groups excluding carboxylic acids is 1.